The molecule has 0 aromatic heterocycles. The molecule has 1 amide bonds. The summed E-state index contributed by atoms with van der Waals surface area (Å²) in [6, 6.07) is 5.68. The van der Waals surface area contributed by atoms with Gasteiger partial charge in [0.05, 0.1) is 4.90 Å². The van der Waals surface area contributed by atoms with E-state index in [0.717, 1.165) is 0 Å². The highest BCUT2D eigenvalue weighted by Crippen LogP contribution is 2.31. The summed E-state index contributed by atoms with van der Waals surface area (Å²) in [5, 5.41) is 9.43. The van der Waals surface area contributed by atoms with Crippen LogP contribution in [0.1, 0.15) is 44.0 Å². The Morgan fingerprint density at radius 3 is 2.24 bits per heavy atom. The molecule has 7 nitrogen and oxygen atoms in total. The molecule has 138 valence electrons. The minimum Gasteiger partial charge on any atom is -0.480 e. The third kappa shape index (κ3) is 3.41. The molecule has 0 saturated carbocycles. The number of sulfonamides is 1. The topological polar surface area (TPSA) is 95.0 Å². The van der Waals surface area contributed by atoms with E-state index in [4.69, 9.17) is 0 Å². The predicted molar refractivity (Wildman–Crippen MR) is 92.9 cm³/mol. The van der Waals surface area contributed by atoms with Gasteiger partial charge in [-0.25, -0.2) is 13.2 Å². The maximum atomic E-state index is 12.7. The molecule has 2 rings (SSSR count). The summed E-state index contributed by atoms with van der Waals surface area (Å²) < 4.78 is 26.3. The molecule has 25 heavy (non-hydrogen) atoms. The van der Waals surface area contributed by atoms with Gasteiger partial charge in [0.1, 0.15) is 5.54 Å². The second kappa shape index (κ2) is 7.13. The van der Waals surface area contributed by atoms with Gasteiger partial charge >= 0.3 is 5.97 Å². The van der Waals surface area contributed by atoms with E-state index in [1.54, 1.807) is 20.8 Å². The van der Waals surface area contributed by atoms with Crippen LogP contribution in [0.15, 0.2) is 29.2 Å². The molecule has 0 bridgehead atoms. The molecule has 1 N–H and O–H groups in total. The fourth-order valence-electron chi connectivity index (χ4n) is 3.15. The number of carboxylic acids is 1. The number of benzene rings is 1. The Morgan fingerprint density at radius 2 is 1.76 bits per heavy atom. The highest BCUT2D eigenvalue weighted by molar-refractivity contribution is 7.89. The lowest BCUT2D eigenvalue weighted by Crippen LogP contribution is -2.50. The SMILES string of the molecule is CCN(CC)S(=O)(=O)c1ccc(C(=O)N2CCCC2(C)C(=O)O)cc1. The van der Waals surface area contributed by atoms with Crippen molar-refractivity contribution in [2.24, 2.45) is 0 Å². The summed E-state index contributed by atoms with van der Waals surface area (Å²) in [6.07, 6.45) is 1.03. The van der Waals surface area contributed by atoms with Crippen LogP contribution >= 0.6 is 0 Å². The number of carbonyl (C=O) groups excluding carboxylic acids is 1. The largest absolute Gasteiger partial charge is 0.480 e. The maximum Gasteiger partial charge on any atom is 0.329 e. The number of hydrogen-bond donors (Lipinski definition) is 1. The quantitative estimate of drug-likeness (QED) is 0.826. The second-order valence-corrected chi connectivity index (χ2v) is 8.19. The molecule has 1 atom stereocenters. The lowest BCUT2D eigenvalue weighted by atomic mass is 9.98. The van der Waals surface area contributed by atoms with Crippen molar-refractivity contribution in [1.29, 1.82) is 0 Å². The monoisotopic (exact) mass is 368 g/mol. The molecule has 1 saturated heterocycles. The van der Waals surface area contributed by atoms with Crippen molar-refractivity contribution in [2.45, 2.75) is 44.0 Å². The van der Waals surface area contributed by atoms with Crippen molar-refractivity contribution >= 4 is 21.9 Å². The third-order valence-electron chi connectivity index (χ3n) is 4.79. The van der Waals surface area contributed by atoms with Gasteiger partial charge in [-0.15, -0.1) is 0 Å². The van der Waals surface area contributed by atoms with E-state index >= 15 is 0 Å². The van der Waals surface area contributed by atoms with Crippen LogP contribution in [0.3, 0.4) is 0 Å². The highest BCUT2D eigenvalue weighted by atomic mass is 32.2. The van der Waals surface area contributed by atoms with Gasteiger partial charge < -0.3 is 10.0 Å². The van der Waals surface area contributed by atoms with Gasteiger partial charge in [0.25, 0.3) is 5.91 Å². The first-order chi connectivity index (χ1) is 11.7. The first-order valence-electron chi connectivity index (χ1n) is 8.34. The molecule has 0 radical (unpaired) electrons. The van der Waals surface area contributed by atoms with Crippen LogP contribution in [0.4, 0.5) is 0 Å². The Morgan fingerprint density at radius 1 is 1.20 bits per heavy atom. The minimum atomic E-state index is -3.58. The summed E-state index contributed by atoms with van der Waals surface area (Å²) in [4.78, 5) is 25.7. The fraction of sp³-hybridized carbons (Fsp3) is 0.529. The van der Waals surface area contributed by atoms with Crippen LogP contribution in [0, 0.1) is 0 Å². The van der Waals surface area contributed by atoms with E-state index in [9.17, 15) is 23.1 Å². The molecule has 8 heteroatoms. The van der Waals surface area contributed by atoms with Gasteiger partial charge in [0.15, 0.2) is 0 Å². The summed E-state index contributed by atoms with van der Waals surface area (Å²) in [5.41, 5.74) is -0.934. The fourth-order valence-corrected chi connectivity index (χ4v) is 4.61. The second-order valence-electron chi connectivity index (χ2n) is 6.25. The number of amides is 1. The van der Waals surface area contributed by atoms with E-state index in [0.29, 0.717) is 32.5 Å². The van der Waals surface area contributed by atoms with Gasteiger partial charge in [-0.1, -0.05) is 13.8 Å². The van der Waals surface area contributed by atoms with E-state index in [2.05, 4.69) is 0 Å². The van der Waals surface area contributed by atoms with Crippen molar-refractivity contribution < 1.29 is 23.1 Å². The van der Waals surface area contributed by atoms with Crippen molar-refractivity contribution in [2.75, 3.05) is 19.6 Å². The van der Waals surface area contributed by atoms with Gasteiger partial charge in [-0.05, 0) is 44.0 Å². The van der Waals surface area contributed by atoms with Crippen molar-refractivity contribution in [3.63, 3.8) is 0 Å². The van der Waals surface area contributed by atoms with Crippen molar-refractivity contribution in [3.05, 3.63) is 29.8 Å². The summed E-state index contributed by atoms with van der Waals surface area (Å²) in [6.45, 7) is 6.17. The van der Waals surface area contributed by atoms with Gasteiger partial charge in [-0.2, -0.15) is 4.31 Å². The zero-order valence-electron chi connectivity index (χ0n) is 14.7. The average Bonchev–Trinajstić information content (AvgIpc) is 2.98. The minimum absolute atomic E-state index is 0.121. The molecule has 1 aromatic rings. The van der Waals surface area contributed by atoms with Gasteiger partial charge in [-0.3, -0.25) is 4.79 Å². The van der Waals surface area contributed by atoms with Gasteiger partial charge in [0, 0.05) is 25.2 Å². The number of carboxylic acid groups (broad SMARTS) is 1. The smallest absolute Gasteiger partial charge is 0.329 e. The van der Waals surface area contributed by atoms with Crippen LogP contribution in [0.2, 0.25) is 0 Å². The van der Waals surface area contributed by atoms with E-state index in [1.165, 1.54) is 33.5 Å². The Hall–Kier alpha value is -1.93. The molecular formula is C17H24N2O5S. The lowest BCUT2D eigenvalue weighted by Gasteiger charge is -2.31. The summed E-state index contributed by atoms with van der Waals surface area (Å²) >= 11 is 0. The summed E-state index contributed by atoms with van der Waals surface area (Å²) in [5.74, 6) is -1.42. The van der Waals surface area contributed by atoms with Crippen LogP contribution in [0.25, 0.3) is 0 Å². The number of likely N-dealkylation sites (tertiary alicyclic amines) is 1. The molecule has 1 aliphatic heterocycles. The Bertz CT molecular complexity index is 756. The van der Waals surface area contributed by atoms with Gasteiger partial charge in [0.2, 0.25) is 10.0 Å². The Kier molecular flexibility index (Phi) is 5.53. The van der Waals surface area contributed by atoms with E-state index < -0.39 is 27.4 Å². The zero-order chi connectivity index (χ0) is 18.8. The van der Waals surface area contributed by atoms with E-state index in [-0.39, 0.29) is 10.5 Å². The molecule has 1 aromatic carbocycles. The van der Waals surface area contributed by atoms with E-state index in [1.807, 2.05) is 0 Å². The standard InChI is InChI=1S/C17H24N2O5S/c1-4-18(5-2)25(23,24)14-9-7-13(8-10-14)15(20)19-12-6-11-17(19,3)16(21)22/h7-10H,4-6,11-12H2,1-3H3,(H,21,22). The first-order valence-corrected chi connectivity index (χ1v) is 9.78. The molecule has 0 spiro atoms. The molecule has 0 aliphatic carbocycles. The van der Waals surface area contributed by atoms with Crippen LogP contribution in [-0.2, 0) is 14.8 Å². The number of carbonyl (C=O) groups is 2. The predicted octanol–water partition coefficient (Wildman–Crippen LogP) is 1.80. The number of rotatable bonds is 6. The van der Waals surface area contributed by atoms with Crippen LogP contribution in [0.5, 0.6) is 0 Å². The van der Waals surface area contributed by atoms with Crippen LogP contribution < -0.4 is 0 Å². The molecular weight excluding hydrogens is 344 g/mol. The first kappa shape index (κ1) is 19.4. The Balaban J connectivity index is 2.29. The number of aliphatic carboxylic acids is 1. The zero-order valence-corrected chi connectivity index (χ0v) is 15.5. The van der Waals surface area contributed by atoms with Crippen LogP contribution in [-0.4, -0.2) is 59.8 Å². The highest BCUT2D eigenvalue weighted by Gasteiger charge is 2.46. The molecule has 1 fully saturated rings. The normalized spacial score (nSPS) is 20.9. The molecule has 1 unspecified atom stereocenters. The van der Waals surface area contributed by atoms with Crippen molar-refractivity contribution in [1.82, 2.24) is 9.21 Å². The summed E-state index contributed by atoms with van der Waals surface area (Å²) in [7, 11) is -3.58. The third-order valence-corrected chi connectivity index (χ3v) is 6.86. The average molecular weight is 368 g/mol. The maximum absolute atomic E-state index is 12.7. The molecule has 1 heterocycles. The molecule has 1 aliphatic rings. The number of hydrogen-bond acceptors (Lipinski definition) is 4. The lowest BCUT2D eigenvalue weighted by molar-refractivity contribution is -0.147. The Labute approximate surface area is 148 Å². The van der Waals surface area contributed by atoms with Crippen molar-refractivity contribution in [3.8, 4) is 0 Å². The number of nitrogens with zero attached hydrogens (tertiary/aromatic N) is 2.